The quantitative estimate of drug-likeness (QED) is 0.145. The number of fused-ring (bicyclic) bond motifs is 10. The Morgan fingerprint density at radius 2 is 1.17 bits per heavy atom. The van der Waals surface area contributed by atoms with Crippen molar-refractivity contribution < 1.29 is 4.42 Å². The van der Waals surface area contributed by atoms with Crippen LogP contribution in [0.5, 0.6) is 0 Å². The Kier molecular flexibility index (Phi) is 5.25. The van der Waals surface area contributed by atoms with Crippen LogP contribution < -0.4 is 0 Å². The summed E-state index contributed by atoms with van der Waals surface area (Å²) in [7, 11) is 0. The van der Waals surface area contributed by atoms with E-state index in [2.05, 4.69) is 141 Å². The van der Waals surface area contributed by atoms with Gasteiger partial charge in [-0.2, -0.15) is 0 Å². The van der Waals surface area contributed by atoms with Gasteiger partial charge in [-0.25, -0.2) is 0 Å². The van der Waals surface area contributed by atoms with Gasteiger partial charge in [0.2, 0.25) is 0 Å². The first-order chi connectivity index (χ1) is 22.6. The van der Waals surface area contributed by atoms with Gasteiger partial charge < -0.3 is 4.42 Å². The Balaban J connectivity index is 1.33. The highest BCUT2D eigenvalue weighted by atomic mass is 16.3. The summed E-state index contributed by atoms with van der Waals surface area (Å²) < 4.78 is 6.59. The first-order valence-corrected chi connectivity index (χ1v) is 16.1. The molecule has 0 amide bonds. The maximum absolute atomic E-state index is 6.59. The van der Waals surface area contributed by atoms with E-state index in [1.54, 1.807) is 0 Å². The summed E-state index contributed by atoms with van der Waals surface area (Å²) in [5.74, 6) is 0. The summed E-state index contributed by atoms with van der Waals surface area (Å²) in [6.07, 6.45) is 2.95. The summed E-state index contributed by atoms with van der Waals surface area (Å²) in [4.78, 5) is 0. The topological polar surface area (TPSA) is 13.1 Å². The molecule has 0 aliphatic heterocycles. The number of benzene rings is 8. The van der Waals surface area contributed by atoms with Crippen molar-refractivity contribution >= 4 is 54.1 Å². The molecule has 10 rings (SSSR count). The Bertz CT molecular complexity index is 2740. The van der Waals surface area contributed by atoms with Crippen LogP contribution in [0.15, 0.2) is 138 Å². The summed E-state index contributed by atoms with van der Waals surface area (Å²) in [6, 6.07) is 47.0. The van der Waals surface area contributed by atoms with Crippen LogP contribution in [-0.4, -0.2) is 0 Å². The monoisotopic (exact) mass is 586 g/mol. The van der Waals surface area contributed by atoms with E-state index in [9.17, 15) is 0 Å². The van der Waals surface area contributed by atoms with Crippen LogP contribution in [-0.2, 0) is 6.42 Å². The van der Waals surface area contributed by atoms with E-state index >= 15 is 0 Å². The maximum Gasteiger partial charge on any atom is 0.142 e. The van der Waals surface area contributed by atoms with Crippen LogP contribution in [0.3, 0.4) is 0 Å². The second kappa shape index (κ2) is 9.42. The van der Waals surface area contributed by atoms with Crippen LogP contribution in [0, 0.1) is 13.8 Å². The molecule has 1 heteroatoms. The van der Waals surface area contributed by atoms with Gasteiger partial charge in [-0.3, -0.25) is 0 Å². The van der Waals surface area contributed by atoms with Crippen LogP contribution in [0.4, 0.5) is 0 Å². The molecule has 0 fully saturated rings. The zero-order valence-electron chi connectivity index (χ0n) is 25.8. The molecule has 0 radical (unpaired) electrons. The van der Waals surface area contributed by atoms with E-state index in [1.807, 2.05) is 6.26 Å². The first-order valence-electron chi connectivity index (χ1n) is 16.1. The molecule has 46 heavy (non-hydrogen) atoms. The van der Waals surface area contributed by atoms with Crippen LogP contribution >= 0.6 is 0 Å². The highest BCUT2D eigenvalue weighted by Crippen LogP contribution is 2.50. The molecule has 1 heterocycles. The zero-order chi connectivity index (χ0) is 30.5. The predicted molar refractivity (Wildman–Crippen MR) is 195 cm³/mol. The molecular weight excluding hydrogens is 556 g/mol. The smallest absolute Gasteiger partial charge is 0.142 e. The fraction of sp³-hybridized carbons (Fsp3) is 0.0667. The van der Waals surface area contributed by atoms with Crippen LogP contribution in [0.1, 0.15) is 22.3 Å². The molecule has 0 spiro atoms. The van der Waals surface area contributed by atoms with Crippen molar-refractivity contribution in [1.82, 2.24) is 0 Å². The molecule has 0 atom stereocenters. The second-order valence-electron chi connectivity index (χ2n) is 12.9. The summed E-state index contributed by atoms with van der Waals surface area (Å²) in [5.41, 5.74) is 14.2. The van der Waals surface area contributed by atoms with Gasteiger partial charge in [0.15, 0.2) is 0 Å². The van der Waals surface area contributed by atoms with E-state index in [-0.39, 0.29) is 0 Å². The van der Waals surface area contributed by atoms with E-state index < -0.39 is 0 Å². The van der Waals surface area contributed by atoms with E-state index in [4.69, 9.17) is 4.42 Å². The van der Waals surface area contributed by atoms with Gasteiger partial charge >= 0.3 is 0 Å². The predicted octanol–water partition coefficient (Wildman–Crippen LogP) is 12.6. The molecule has 0 bridgehead atoms. The minimum Gasteiger partial charge on any atom is -0.463 e. The molecule has 216 valence electrons. The van der Waals surface area contributed by atoms with Crippen molar-refractivity contribution in [1.29, 1.82) is 0 Å². The van der Waals surface area contributed by atoms with Gasteiger partial charge in [0.05, 0.1) is 6.26 Å². The van der Waals surface area contributed by atoms with E-state index in [0.29, 0.717) is 0 Å². The summed E-state index contributed by atoms with van der Waals surface area (Å²) >= 11 is 0. The molecule has 0 saturated carbocycles. The third kappa shape index (κ3) is 3.51. The number of rotatable bonds is 2. The Labute approximate surface area is 267 Å². The number of hydrogen-bond donors (Lipinski definition) is 0. The van der Waals surface area contributed by atoms with Gasteiger partial charge in [0, 0.05) is 21.9 Å². The Morgan fingerprint density at radius 3 is 2.07 bits per heavy atom. The molecule has 1 nitrogen and oxygen atoms in total. The molecule has 1 aromatic heterocycles. The fourth-order valence-electron chi connectivity index (χ4n) is 8.17. The molecule has 0 unspecified atom stereocenters. The third-order valence-electron chi connectivity index (χ3n) is 10.5. The van der Waals surface area contributed by atoms with Crippen molar-refractivity contribution in [3.8, 4) is 33.4 Å². The normalized spacial score (nSPS) is 12.5. The number of hydrogen-bond acceptors (Lipinski definition) is 1. The lowest BCUT2D eigenvalue weighted by molar-refractivity contribution is 0.620. The van der Waals surface area contributed by atoms with Crippen LogP contribution in [0.2, 0.25) is 0 Å². The van der Waals surface area contributed by atoms with Gasteiger partial charge in [-0.1, -0.05) is 103 Å². The average Bonchev–Trinajstić information content (AvgIpc) is 3.69. The first kappa shape index (κ1) is 25.6. The van der Waals surface area contributed by atoms with Crippen molar-refractivity contribution in [3.05, 3.63) is 156 Å². The summed E-state index contributed by atoms with van der Waals surface area (Å²) in [5, 5.41) is 11.0. The largest absolute Gasteiger partial charge is 0.463 e. The van der Waals surface area contributed by atoms with Gasteiger partial charge in [0.1, 0.15) is 5.58 Å². The molecule has 9 aromatic rings. The molecule has 0 saturated heterocycles. The van der Waals surface area contributed by atoms with E-state index in [0.717, 1.165) is 28.3 Å². The molecule has 1 aliphatic carbocycles. The lowest BCUT2D eigenvalue weighted by atomic mass is 9.82. The number of furan rings is 1. The third-order valence-corrected chi connectivity index (χ3v) is 10.5. The standard InChI is InChI=1S/C45H30O/c1-26-21-40-34-14-8-6-12-31(34)24-41(40)43(27(26)2)38-18-16-32-22-29-10-3-4-11-30(29)23-39(32)44(38)42-25-46-45-36-17-15-28-9-5-7-13-33(28)35(36)19-20-37(42)45/h3-23,25H,24H2,1-2H3. The highest BCUT2D eigenvalue weighted by Gasteiger charge is 2.27. The van der Waals surface area contributed by atoms with Gasteiger partial charge in [-0.05, 0) is 127 Å². The van der Waals surface area contributed by atoms with Gasteiger partial charge in [-0.15, -0.1) is 0 Å². The van der Waals surface area contributed by atoms with Crippen molar-refractivity contribution in [2.45, 2.75) is 20.3 Å². The fourth-order valence-corrected chi connectivity index (χ4v) is 8.17. The summed E-state index contributed by atoms with van der Waals surface area (Å²) in [6.45, 7) is 4.56. The average molecular weight is 587 g/mol. The Hall–Kier alpha value is -5.66. The lowest BCUT2D eigenvalue weighted by Gasteiger charge is -2.20. The van der Waals surface area contributed by atoms with Gasteiger partial charge in [0.25, 0.3) is 0 Å². The lowest BCUT2D eigenvalue weighted by Crippen LogP contribution is -1.98. The Morgan fingerprint density at radius 1 is 0.457 bits per heavy atom. The maximum atomic E-state index is 6.59. The molecule has 1 aliphatic rings. The zero-order valence-corrected chi connectivity index (χ0v) is 25.8. The number of aryl methyl sites for hydroxylation is 1. The molecular formula is C45H30O. The van der Waals surface area contributed by atoms with Crippen LogP contribution in [0.25, 0.3) is 87.4 Å². The molecule has 8 aromatic carbocycles. The minimum atomic E-state index is 0.945. The second-order valence-corrected chi connectivity index (χ2v) is 12.9. The molecule has 0 N–H and O–H groups in total. The van der Waals surface area contributed by atoms with Crippen molar-refractivity contribution in [2.75, 3.05) is 0 Å². The van der Waals surface area contributed by atoms with Crippen molar-refractivity contribution in [2.24, 2.45) is 0 Å². The SMILES string of the molecule is Cc1cc2c(c(-c3ccc4cc5ccccc5cc4c3-c3coc4c3ccc3c5ccccc5ccc34)c1C)Cc1ccccc1-2. The highest BCUT2D eigenvalue weighted by molar-refractivity contribution is 6.20. The minimum absolute atomic E-state index is 0.945. The van der Waals surface area contributed by atoms with E-state index in [1.165, 1.54) is 87.8 Å². The van der Waals surface area contributed by atoms with Crippen molar-refractivity contribution in [3.63, 3.8) is 0 Å².